The van der Waals surface area contributed by atoms with Crippen molar-refractivity contribution in [1.82, 2.24) is 5.43 Å². The highest BCUT2D eigenvalue weighted by Crippen LogP contribution is 2.30. The quantitative estimate of drug-likeness (QED) is 0.694. The molecule has 24 heavy (non-hydrogen) atoms. The van der Waals surface area contributed by atoms with Crippen molar-refractivity contribution >= 4 is 11.6 Å². The van der Waals surface area contributed by atoms with Crippen molar-refractivity contribution in [3.63, 3.8) is 0 Å². The molecule has 0 unspecified atom stereocenters. The first-order valence-corrected chi connectivity index (χ1v) is 7.22. The minimum atomic E-state index is -0.881. The van der Waals surface area contributed by atoms with Crippen LogP contribution >= 0.6 is 0 Å². The number of amides is 1. The fourth-order valence-corrected chi connectivity index (χ4v) is 2.19. The summed E-state index contributed by atoms with van der Waals surface area (Å²) in [5.74, 6) is -0.740. The van der Waals surface area contributed by atoms with Gasteiger partial charge in [-0.3, -0.25) is 4.79 Å². The molecular weight excluding hydrogens is 318 g/mol. The molecule has 1 aliphatic heterocycles. The van der Waals surface area contributed by atoms with Gasteiger partial charge in [-0.05, 0) is 37.3 Å². The number of benzene rings is 2. The van der Waals surface area contributed by atoms with Gasteiger partial charge in [0.25, 0.3) is 5.91 Å². The lowest BCUT2D eigenvalue weighted by Crippen LogP contribution is -2.42. The first kappa shape index (κ1) is 15.9. The number of ether oxygens (including phenoxy) is 2. The van der Waals surface area contributed by atoms with Crippen LogP contribution in [0.5, 0.6) is 11.5 Å². The summed E-state index contributed by atoms with van der Waals surface area (Å²) in [4.78, 5) is 12.1. The number of hydrazone groups is 1. The molecule has 0 radical (unpaired) electrons. The molecule has 1 heterocycles. The van der Waals surface area contributed by atoms with Crippen LogP contribution in [-0.4, -0.2) is 24.3 Å². The monoisotopic (exact) mass is 332 g/mol. The second kappa shape index (κ2) is 6.66. The molecule has 0 bridgehead atoms. The van der Waals surface area contributed by atoms with Crippen molar-refractivity contribution in [3.05, 3.63) is 59.7 Å². The topological polar surface area (TPSA) is 59.9 Å². The minimum Gasteiger partial charge on any atom is -0.485 e. The molecular formula is C17H14F2N2O3. The second-order valence-electron chi connectivity index (χ2n) is 5.16. The number of halogens is 2. The van der Waals surface area contributed by atoms with Crippen LogP contribution in [-0.2, 0) is 4.79 Å². The van der Waals surface area contributed by atoms with E-state index < -0.39 is 23.6 Å². The number of carbonyl (C=O) groups excluding carboxylic acids is 1. The Kier molecular flexibility index (Phi) is 4.41. The van der Waals surface area contributed by atoms with Gasteiger partial charge < -0.3 is 9.47 Å². The van der Waals surface area contributed by atoms with E-state index in [1.165, 1.54) is 6.92 Å². The molecule has 0 spiro atoms. The van der Waals surface area contributed by atoms with Crippen LogP contribution in [0, 0.1) is 11.6 Å². The third-order valence-electron chi connectivity index (χ3n) is 3.45. The smallest absolute Gasteiger partial charge is 0.284 e. The maximum absolute atomic E-state index is 13.7. The third kappa shape index (κ3) is 3.34. The van der Waals surface area contributed by atoms with Crippen molar-refractivity contribution in [2.75, 3.05) is 6.61 Å². The van der Waals surface area contributed by atoms with Crippen molar-refractivity contribution in [3.8, 4) is 11.5 Å². The molecule has 1 atom stereocenters. The zero-order valence-corrected chi connectivity index (χ0v) is 12.8. The van der Waals surface area contributed by atoms with E-state index in [0.717, 1.165) is 18.2 Å². The van der Waals surface area contributed by atoms with Crippen molar-refractivity contribution in [2.24, 2.45) is 5.10 Å². The highest BCUT2D eigenvalue weighted by atomic mass is 19.1. The van der Waals surface area contributed by atoms with Crippen molar-refractivity contribution < 1.29 is 23.0 Å². The van der Waals surface area contributed by atoms with E-state index >= 15 is 0 Å². The summed E-state index contributed by atoms with van der Waals surface area (Å²) in [6, 6.07) is 10.00. The lowest BCUT2D eigenvalue weighted by atomic mass is 10.1. The minimum absolute atomic E-state index is 0.0264. The van der Waals surface area contributed by atoms with Crippen LogP contribution in [0.15, 0.2) is 47.6 Å². The fraction of sp³-hybridized carbons (Fsp3) is 0.176. The summed E-state index contributed by atoms with van der Waals surface area (Å²) in [6.07, 6.45) is -0.881. The number of carbonyl (C=O) groups is 1. The van der Waals surface area contributed by atoms with Gasteiger partial charge in [0.15, 0.2) is 11.5 Å². The SMILES string of the molecule is C/C(=N/NC(=O)[C@H]1COc2ccccc2O1)c1cc(F)ccc1F. The molecule has 0 fully saturated rings. The summed E-state index contributed by atoms with van der Waals surface area (Å²) in [6.45, 7) is 1.50. The van der Waals surface area contributed by atoms with Crippen LogP contribution < -0.4 is 14.9 Å². The van der Waals surface area contributed by atoms with Gasteiger partial charge in [0.2, 0.25) is 6.10 Å². The fourth-order valence-electron chi connectivity index (χ4n) is 2.19. The normalized spacial score (nSPS) is 16.6. The number of para-hydroxylation sites is 2. The van der Waals surface area contributed by atoms with Gasteiger partial charge >= 0.3 is 0 Å². The van der Waals surface area contributed by atoms with E-state index in [9.17, 15) is 13.6 Å². The summed E-state index contributed by atoms with van der Waals surface area (Å²) in [5, 5.41) is 3.80. The zero-order chi connectivity index (χ0) is 17.1. The van der Waals surface area contributed by atoms with E-state index in [2.05, 4.69) is 10.5 Å². The van der Waals surface area contributed by atoms with Gasteiger partial charge in [-0.25, -0.2) is 14.2 Å². The standard InChI is InChI=1S/C17H14F2N2O3/c1-10(12-8-11(18)6-7-13(12)19)20-21-17(22)16-9-23-14-4-2-3-5-15(14)24-16/h2-8,16H,9H2,1H3,(H,21,22)/b20-10-/t16-/m1/s1. The zero-order valence-electron chi connectivity index (χ0n) is 12.8. The maximum atomic E-state index is 13.7. The van der Waals surface area contributed by atoms with Gasteiger partial charge in [0.1, 0.15) is 18.2 Å². The van der Waals surface area contributed by atoms with Gasteiger partial charge in [0.05, 0.1) is 5.71 Å². The molecule has 1 N–H and O–H groups in total. The molecule has 2 aromatic rings. The first-order chi connectivity index (χ1) is 11.5. The molecule has 3 rings (SSSR count). The molecule has 0 aliphatic carbocycles. The molecule has 7 heteroatoms. The molecule has 5 nitrogen and oxygen atoms in total. The molecule has 1 amide bonds. The number of nitrogens with one attached hydrogen (secondary N) is 1. The highest BCUT2D eigenvalue weighted by molar-refractivity contribution is 5.99. The van der Waals surface area contributed by atoms with E-state index in [1.54, 1.807) is 24.3 Å². The number of hydrogen-bond donors (Lipinski definition) is 1. The number of hydrogen-bond acceptors (Lipinski definition) is 4. The Morgan fingerprint density at radius 2 is 1.96 bits per heavy atom. The van der Waals surface area contributed by atoms with Crippen molar-refractivity contribution in [2.45, 2.75) is 13.0 Å². The van der Waals surface area contributed by atoms with E-state index in [-0.39, 0.29) is 17.9 Å². The van der Waals surface area contributed by atoms with E-state index in [0.29, 0.717) is 11.5 Å². The first-order valence-electron chi connectivity index (χ1n) is 7.22. The molecule has 124 valence electrons. The van der Waals surface area contributed by atoms with Gasteiger partial charge in [-0.1, -0.05) is 12.1 Å². The van der Waals surface area contributed by atoms with Crippen LogP contribution in [0.4, 0.5) is 8.78 Å². The third-order valence-corrected chi connectivity index (χ3v) is 3.45. The average molecular weight is 332 g/mol. The predicted molar refractivity (Wildman–Crippen MR) is 83.1 cm³/mol. The largest absolute Gasteiger partial charge is 0.485 e. The predicted octanol–water partition coefficient (Wildman–Crippen LogP) is 2.65. The van der Waals surface area contributed by atoms with Gasteiger partial charge in [-0.15, -0.1) is 0 Å². The summed E-state index contributed by atoms with van der Waals surface area (Å²) in [7, 11) is 0. The number of fused-ring (bicyclic) bond motifs is 1. The van der Waals surface area contributed by atoms with Crippen molar-refractivity contribution in [1.29, 1.82) is 0 Å². The Bertz CT molecular complexity index is 808. The van der Waals surface area contributed by atoms with E-state index in [4.69, 9.17) is 9.47 Å². The Hall–Kier alpha value is -2.96. The van der Waals surface area contributed by atoms with Crippen LogP contribution in [0.3, 0.4) is 0 Å². The molecule has 0 aromatic heterocycles. The van der Waals surface area contributed by atoms with E-state index in [1.807, 2.05) is 0 Å². The van der Waals surface area contributed by atoms with Crippen LogP contribution in [0.25, 0.3) is 0 Å². The Morgan fingerprint density at radius 1 is 1.21 bits per heavy atom. The van der Waals surface area contributed by atoms with Crippen LogP contribution in [0.2, 0.25) is 0 Å². The Morgan fingerprint density at radius 3 is 2.75 bits per heavy atom. The number of nitrogens with zero attached hydrogens (tertiary/aromatic N) is 1. The van der Waals surface area contributed by atoms with Gasteiger partial charge in [-0.2, -0.15) is 5.10 Å². The molecule has 1 aliphatic rings. The molecule has 2 aromatic carbocycles. The lowest BCUT2D eigenvalue weighted by Gasteiger charge is -2.24. The maximum Gasteiger partial charge on any atom is 0.284 e. The molecule has 0 saturated heterocycles. The number of rotatable bonds is 3. The van der Waals surface area contributed by atoms with Crippen LogP contribution in [0.1, 0.15) is 12.5 Å². The average Bonchev–Trinajstić information content (AvgIpc) is 2.61. The summed E-state index contributed by atoms with van der Waals surface area (Å²) in [5.41, 5.74) is 2.39. The summed E-state index contributed by atoms with van der Waals surface area (Å²) < 4.78 is 37.8. The second-order valence-corrected chi connectivity index (χ2v) is 5.16. The van der Waals surface area contributed by atoms with Gasteiger partial charge in [0, 0.05) is 5.56 Å². The Balaban J connectivity index is 1.68. The summed E-state index contributed by atoms with van der Waals surface area (Å²) >= 11 is 0. The Labute approximate surface area is 136 Å². The molecule has 0 saturated carbocycles. The lowest BCUT2D eigenvalue weighted by molar-refractivity contribution is -0.130. The highest BCUT2D eigenvalue weighted by Gasteiger charge is 2.27.